The molecule has 3 unspecified atom stereocenters. The molecule has 0 radical (unpaired) electrons. The largest absolute Gasteiger partial charge is 0.496 e. The molecular weight excluding hydrogens is 442 g/mol. The van der Waals surface area contributed by atoms with Crippen LogP contribution in [0.2, 0.25) is 0 Å². The van der Waals surface area contributed by atoms with E-state index in [4.69, 9.17) is 9.47 Å². The van der Waals surface area contributed by atoms with Gasteiger partial charge >= 0.3 is 0 Å². The monoisotopic (exact) mass is 471 g/mol. The summed E-state index contributed by atoms with van der Waals surface area (Å²) in [6, 6.07) is 14.0. The first kappa shape index (κ1) is 23.4. The molecule has 176 valence electrons. The fourth-order valence-electron chi connectivity index (χ4n) is 4.38. The van der Waals surface area contributed by atoms with Crippen LogP contribution in [0.3, 0.4) is 0 Å². The number of methoxy groups -OCH3 is 1. The maximum Gasteiger partial charge on any atom is 0.217 e. The van der Waals surface area contributed by atoms with Crippen LogP contribution in [0.15, 0.2) is 64.7 Å². The quantitative estimate of drug-likeness (QED) is 0.692. The van der Waals surface area contributed by atoms with Crippen molar-refractivity contribution in [1.29, 1.82) is 0 Å². The van der Waals surface area contributed by atoms with Crippen LogP contribution >= 0.6 is 0 Å². The first-order chi connectivity index (χ1) is 15.8. The van der Waals surface area contributed by atoms with E-state index < -0.39 is 21.9 Å². The highest BCUT2D eigenvalue weighted by molar-refractivity contribution is 7.94. The summed E-state index contributed by atoms with van der Waals surface area (Å²) in [4.78, 5) is 4.41. The molecule has 4 rings (SSSR count). The third-order valence-electron chi connectivity index (χ3n) is 6.11. The molecule has 0 aromatic heterocycles. The Morgan fingerprint density at radius 1 is 1.21 bits per heavy atom. The molecule has 0 amide bonds. The Balaban J connectivity index is 1.87. The van der Waals surface area contributed by atoms with Gasteiger partial charge in [0.15, 0.2) is 5.90 Å². The van der Waals surface area contributed by atoms with Crippen LogP contribution in [0, 0.1) is 12.8 Å². The number of sulfone groups is 1. The molecular formula is C24H29N3O5S. The van der Waals surface area contributed by atoms with Gasteiger partial charge in [0, 0.05) is 12.8 Å². The molecule has 2 aliphatic heterocycles. The highest BCUT2D eigenvalue weighted by Gasteiger charge is 2.41. The van der Waals surface area contributed by atoms with Crippen molar-refractivity contribution >= 4 is 15.7 Å². The van der Waals surface area contributed by atoms with Gasteiger partial charge in [0.2, 0.25) is 14.9 Å². The van der Waals surface area contributed by atoms with Gasteiger partial charge < -0.3 is 14.7 Å². The number of aryl methyl sites for hydroxylation is 1. The van der Waals surface area contributed by atoms with Gasteiger partial charge in [0.1, 0.15) is 5.75 Å². The second kappa shape index (κ2) is 9.64. The summed E-state index contributed by atoms with van der Waals surface area (Å²) < 4.78 is 36.6. The van der Waals surface area contributed by atoms with Crippen LogP contribution in [-0.2, 0) is 21.0 Å². The third-order valence-corrected chi connectivity index (χ3v) is 7.06. The molecule has 2 heterocycles. The summed E-state index contributed by atoms with van der Waals surface area (Å²) in [5.74, 6) is 0.634. The number of fused-ring (bicyclic) bond motifs is 1. The molecule has 3 atom stereocenters. The van der Waals surface area contributed by atoms with Crippen LogP contribution < -0.4 is 10.1 Å². The van der Waals surface area contributed by atoms with Gasteiger partial charge in [0.05, 0.1) is 31.8 Å². The second-order valence-corrected chi connectivity index (χ2v) is 10.3. The van der Waals surface area contributed by atoms with E-state index in [-0.39, 0.29) is 11.0 Å². The molecule has 33 heavy (non-hydrogen) atoms. The number of ether oxygens (including phenoxy) is 2. The SMILES string of the molecule is COc1ccccc1CC1C2CNCN=C2OC(S(C)(=O)=O)=CC(c2ccccc2C)N1O. The first-order valence-electron chi connectivity index (χ1n) is 10.8. The molecule has 0 spiro atoms. The van der Waals surface area contributed by atoms with Gasteiger partial charge in [-0.1, -0.05) is 42.5 Å². The van der Waals surface area contributed by atoms with E-state index in [1.165, 1.54) is 11.1 Å². The van der Waals surface area contributed by atoms with Crippen molar-refractivity contribution in [2.75, 3.05) is 26.6 Å². The van der Waals surface area contributed by atoms with E-state index in [0.29, 0.717) is 25.5 Å². The van der Waals surface area contributed by atoms with Gasteiger partial charge in [-0.25, -0.2) is 13.4 Å². The summed E-state index contributed by atoms with van der Waals surface area (Å²) in [5, 5.41) is 15.9. The number of nitrogens with one attached hydrogen (secondary N) is 1. The average Bonchev–Trinajstić information content (AvgIpc) is 2.79. The normalized spacial score (nSPS) is 23.9. The maximum atomic E-state index is 12.6. The number of para-hydroxylation sites is 1. The molecule has 2 aromatic carbocycles. The lowest BCUT2D eigenvalue weighted by Gasteiger charge is -2.40. The second-order valence-electron chi connectivity index (χ2n) is 8.34. The fraction of sp³-hybridized carbons (Fsp3) is 0.375. The maximum absolute atomic E-state index is 12.6. The van der Waals surface area contributed by atoms with Crippen LogP contribution in [-0.4, -0.2) is 57.2 Å². The lowest BCUT2D eigenvalue weighted by molar-refractivity contribution is -0.160. The highest BCUT2D eigenvalue weighted by atomic mass is 32.2. The topological polar surface area (TPSA) is 100 Å². The lowest BCUT2D eigenvalue weighted by atomic mass is 9.89. The molecule has 8 nitrogen and oxygen atoms in total. The molecule has 0 saturated carbocycles. The molecule has 2 N–H and O–H groups in total. The van der Waals surface area contributed by atoms with Crippen molar-refractivity contribution in [3.05, 3.63) is 76.4 Å². The molecule has 9 heteroatoms. The van der Waals surface area contributed by atoms with E-state index in [1.807, 2.05) is 55.5 Å². The Labute approximate surface area is 194 Å². The first-order valence-corrected chi connectivity index (χ1v) is 12.7. The molecule has 0 bridgehead atoms. The Morgan fingerprint density at radius 2 is 1.94 bits per heavy atom. The predicted molar refractivity (Wildman–Crippen MR) is 126 cm³/mol. The Kier molecular flexibility index (Phi) is 6.85. The number of hydrogen-bond acceptors (Lipinski definition) is 8. The van der Waals surface area contributed by atoms with Crippen LogP contribution in [0.4, 0.5) is 0 Å². The van der Waals surface area contributed by atoms with E-state index in [9.17, 15) is 13.6 Å². The summed E-state index contributed by atoms with van der Waals surface area (Å²) in [7, 11) is -2.09. The minimum absolute atomic E-state index is 0.212. The molecule has 2 aromatic rings. The third kappa shape index (κ3) is 4.96. The van der Waals surface area contributed by atoms with Gasteiger partial charge in [-0.05, 0) is 42.2 Å². The number of hydroxylamine groups is 2. The minimum Gasteiger partial charge on any atom is -0.496 e. The van der Waals surface area contributed by atoms with E-state index in [2.05, 4.69) is 10.3 Å². The predicted octanol–water partition coefficient (Wildman–Crippen LogP) is 2.84. The zero-order chi connectivity index (χ0) is 23.6. The van der Waals surface area contributed by atoms with Crippen molar-refractivity contribution in [1.82, 2.24) is 10.4 Å². The highest BCUT2D eigenvalue weighted by Crippen LogP contribution is 2.35. The lowest BCUT2D eigenvalue weighted by Crippen LogP contribution is -2.52. The van der Waals surface area contributed by atoms with Crippen molar-refractivity contribution in [2.45, 2.75) is 25.4 Å². The molecule has 0 saturated heterocycles. The molecule has 0 fully saturated rings. The summed E-state index contributed by atoms with van der Waals surface area (Å²) in [6.45, 7) is 2.73. The van der Waals surface area contributed by atoms with Crippen molar-refractivity contribution in [3.8, 4) is 5.75 Å². The zero-order valence-electron chi connectivity index (χ0n) is 18.9. The number of nitrogens with zero attached hydrogens (tertiary/aromatic N) is 2. The summed E-state index contributed by atoms with van der Waals surface area (Å²) >= 11 is 0. The number of benzene rings is 2. The summed E-state index contributed by atoms with van der Waals surface area (Å²) in [5.41, 5.74) is 2.64. The zero-order valence-corrected chi connectivity index (χ0v) is 19.7. The van der Waals surface area contributed by atoms with Crippen molar-refractivity contribution < 1.29 is 23.1 Å². The Morgan fingerprint density at radius 3 is 2.67 bits per heavy atom. The van der Waals surface area contributed by atoms with Gasteiger partial charge in [0.25, 0.3) is 0 Å². The van der Waals surface area contributed by atoms with Crippen LogP contribution in [0.5, 0.6) is 5.75 Å². The van der Waals surface area contributed by atoms with Gasteiger partial charge in [-0.3, -0.25) is 5.32 Å². The van der Waals surface area contributed by atoms with Crippen LogP contribution in [0.1, 0.15) is 22.7 Å². The number of hydrogen-bond donors (Lipinski definition) is 2. The minimum atomic E-state index is -3.70. The van der Waals surface area contributed by atoms with Crippen molar-refractivity contribution in [2.24, 2.45) is 10.9 Å². The number of aliphatic imine (C=N–C) groups is 1. The smallest absolute Gasteiger partial charge is 0.217 e. The summed E-state index contributed by atoms with van der Waals surface area (Å²) in [6.07, 6.45) is 3.01. The standard InChI is InChI=1S/C24H29N3O5S/c1-16-8-4-6-10-18(16)21-13-23(33(3,29)30)32-24-19(14-25-15-26-24)20(27(21)28)12-17-9-5-7-11-22(17)31-2/h4-11,13,19-21,25,28H,12,14-15H2,1-3H3. The van der Waals surface area contributed by atoms with Crippen LogP contribution in [0.25, 0.3) is 0 Å². The Bertz CT molecular complexity index is 1180. The fourth-order valence-corrected chi connectivity index (χ4v) is 5.00. The van der Waals surface area contributed by atoms with Gasteiger partial charge in [-0.2, -0.15) is 5.06 Å². The van der Waals surface area contributed by atoms with Gasteiger partial charge in [-0.15, -0.1) is 0 Å². The average molecular weight is 472 g/mol. The van der Waals surface area contributed by atoms with E-state index >= 15 is 0 Å². The van der Waals surface area contributed by atoms with E-state index in [0.717, 1.165) is 28.7 Å². The van der Waals surface area contributed by atoms with E-state index in [1.54, 1.807) is 7.11 Å². The number of rotatable bonds is 5. The molecule has 0 aliphatic carbocycles. The van der Waals surface area contributed by atoms with Crippen molar-refractivity contribution in [3.63, 3.8) is 0 Å². The Hall–Kier alpha value is -2.72. The molecule has 2 aliphatic rings.